The molecule has 0 heterocycles. The van der Waals surface area contributed by atoms with Gasteiger partial charge in [0, 0.05) is 17.5 Å². The molecule has 2 aliphatic carbocycles. The molecule has 2 bridgehead atoms. The smallest absolute Gasteiger partial charge is 0.0317 e. The van der Waals surface area contributed by atoms with E-state index in [9.17, 15) is 0 Å². The van der Waals surface area contributed by atoms with E-state index in [2.05, 4.69) is 18.7 Å². The topological polar surface area (TPSA) is 26.0 Å². The van der Waals surface area contributed by atoms with Crippen LogP contribution in [0.4, 0.5) is 5.69 Å². The van der Waals surface area contributed by atoms with Crippen molar-refractivity contribution < 1.29 is 0 Å². The van der Waals surface area contributed by atoms with E-state index in [4.69, 9.17) is 5.73 Å². The first-order chi connectivity index (χ1) is 6.27. The molecule has 1 heteroatoms. The van der Waals surface area contributed by atoms with Crippen LogP contribution in [-0.4, -0.2) is 0 Å². The van der Waals surface area contributed by atoms with Gasteiger partial charge in [-0.2, -0.15) is 0 Å². The number of anilines is 1. The minimum atomic E-state index is 0.614. The van der Waals surface area contributed by atoms with Gasteiger partial charge in [0.2, 0.25) is 0 Å². The zero-order chi connectivity index (χ0) is 9.00. The fraction of sp³-hybridized carbons (Fsp3) is 0.333. The van der Waals surface area contributed by atoms with Gasteiger partial charge >= 0.3 is 0 Å². The Morgan fingerprint density at radius 2 is 1.85 bits per heavy atom. The van der Waals surface area contributed by atoms with Crippen molar-refractivity contribution in [1.82, 2.24) is 0 Å². The molecular weight excluding hydrogens is 158 g/mol. The van der Waals surface area contributed by atoms with Crippen LogP contribution in [0, 0.1) is 0 Å². The highest BCUT2D eigenvalue weighted by molar-refractivity contribution is 5.57. The molecular formula is C12H13N. The van der Waals surface area contributed by atoms with E-state index >= 15 is 0 Å². The van der Waals surface area contributed by atoms with Crippen molar-refractivity contribution in [3.63, 3.8) is 0 Å². The highest BCUT2D eigenvalue weighted by atomic mass is 14.6. The average Bonchev–Trinajstić information content (AvgIpc) is 2.59. The van der Waals surface area contributed by atoms with Gasteiger partial charge in [0.05, 0.1) is 0 Å². The zero-order valence-corrected chi connectivity index (χ0v) is 7.59. The second-order valence-electron chi connectivity index (χ2n) is 4.15. The van der Waals surface area contributed by atoms with E-state index in [0.717, 1.165) is 5.69 Å². The average molecular weight is 171 g/mol. The van der Waals surface area contributed by atoms with E-state index in [-0.39, 0.29) is 0 Å². The second kappa shape index (κ2) is 2.16. The molecule has 1 saturated carbocycles. The first-order valence-corrected chi connectivity index (χ1v) is 4.85. The van der Waals surface area contributed by atoms with Crippen LogP contribution in [0.25, 0.3) is 0 Å². The monoisotopic (exact) mass is 171 g/mol. The number of fused-ring (bicyclic) bond motifs is 5. The molecule has 1 aromatic rings. The van der Waals surface area contributed by atoms with Crippen LogP contribution in [0.15, 0.2) is 30.4 Å². The summed E-state index contributed by atoms with van der Waals surface area (Å²) in [5.41, 5.74) is 11.0. The highest BCUT2D eigenvalue weighted by Crippen LogP contribution is 2.56. The summed E-state index contributed by atoms with van der Waals surface area (Å²) >= 11 is 0. The second-order valence-corrected chi connectivity index (χ2v) is 4.15. The Labute approximate surface area is 78.3 Å². The lowest BCUT2D eigenvalue weighted by Gasteiger charge is -2.13. The lowest BCUT2D eigenvalue weighted by molar-refractivity contribution is 0.718. The molecule has 1 nitrogen and oxygen atoms in total. The van der Waals surface area contributed by atoms with Crippen LogP contribution in [0.1, 0.15) is 35.8 Å². The van der Waals surface area contributed by atoms with Gasteiger partial charge < -0.3 is 5.73 Å². The van der Waals surface area contributed by atoms with Crippen molar-refractivity contribution >= 4 is 5.69 Å². The molecule has 1 aromatic carbocycles. The lowest BCUT2D eigenvalue weighted by Crippen LogP contribution is -1.98. The van der Waals surface area contributed by atoms with Crippen molar-refractivity contribution in [2.75, 3.05) is 5.73 Å². The first kappa shape index (κ1) is 7.19. The summed E-state index contributed by atoms with van der Waals surface area (Å²) in [4.78, 5) is 0. The van der Waals surface area contributed by atoms with Gasteiger partial charge in [-0.15, -0.1) is 0 Å². The summed E-state index contributed by atoms with van der Waals surface area (Å²) < 4.78 is 0. The summed E-state index contributed by atoms with van der Waals surface area (Å²) in [5, 5.41) is 0. The van der Waals surface area contributed by atoms with E-state index in [1.807, 2.05) is 6.07 Å². The molecule has 66 valence electrons. The maximum atomic E-state index is 5.78. The van der Waals surface area contributed by atoms with Gasteiger partial charge in [0.25, 0.3) is 0 Å². The van der Waals surface area contributed by atoms with Crippen LogP contribution in [0.5, 0.6) is 0 Å². The van der Waals surface area contributed by atoms with E-state index in [0.29, 0.717) is 11.8 Å². The summed E-state index contributed by atoms with van der Waals surface area (Å²) in [6.45, 7) is 4.18. The van der Waals surface area contributed by atoms with Crippen molar-refractivity contribution in [3.8, 4) is 0 Å². The van der Waals surface area contributed by atoms with Gasteiger partial charge in [0.15, 0.2) is 0 Å². The molecule has 2 atom stereocenters. The van der Waals surface area contributed by atoms with Crippen molar-refractivity contribution in [3.05, 3.63) is 41.5 Å². The van der Waals surface area contributed by atoms with Gasteiger partial charge in [-0.05, 0) is 36.1 Å². The third kappa shape index (κ3) is 0.769. The number of hydrogen-bond acceptors (Lipinski definition) is 1. The van der Waals surface area contributed by atoms with Crippen LogP contribution in [-0.2, 0) is 0 Å². The van der Waals surface area contributed by atoms with E-state index in [1.54, 1.807) is 0 Å². The van der Waals surface area contributed by atoms with Gasteiger partial charge in [-0.3, -0.25) is 0 Å². The quantitative estimate of drug-likeness (QED) is 0.471. The lowest BCUT2D eigenvalue weighted by atomic mass is 9.91. The number of nitrogen functional groups attached to an aromatic ring is 1. The van der Waals surface area contributed by atoms with Crippen molar-refractivity contribution in [1.29, 1.82) is 0 Å². The Hall–Kier alpha value is -1.24. The standard InChI is InChI=1S/C12H13N/c1-7-9-4-5-10(7)12-6-8(13)2-3-11(9)12/h2-3,6,9-10H,1,4-5,13H2. The van der Waals surface area contributed by atoms with Gasteiger partial charge in [0.1, 0.15) is 0 Å². The number of hydrogen-bond donors (Lipinski definition) is 1. The predicted octanol–water partition coefficient (Wildman–Crippen LogP) is 2.80. The molecule has 13 heavy (non-hydrogen) atoms. The van der Waals surface area contributed by atoms with Gasteiger partial charge in [-0.1, -0.05) is 18.2 Å². The minimum absolute atomic E-state index is 0.614. The fourth-order valence-corrected chi connectivity index (χ4v) is 2.87. The first-order valence-electron chi connectivity index (χ1n) is 4.85. The Morgan fingerprint density at radius 3 is 2.62 bits per heavy atom. The van der Waals surface area contributed by atoms with Crippen LogP contribution < -0.4 is 5.73 Å². The maximum Gasteiger partial charge on any atom is 0.0317 e. The third-order valence-corrected chi connectivity index (χ3v) is 3.50. The molecule has 2 aliphatic rings. The molecule has 0 aliphatic heterocycles. The van der Waals surface area contributed by atoms with E-state index in [1.165, 1.54) is 29.5 Å². The Kier molecular flexibility index (Phi) is 1.20. The summed E-state index contributed by atoms with van der Waals surface area (Å²) in [5.74, 6) is 1.25. The number of nitrogens with two attached hydrogens (primary N) is 1. The van der Waals surface area contributed by atoms with Crippen molar-refractivity contribution in [2.45, 2.75) is 24.7 Å². The van der Waals surface area contributed by atoms with E-state index < -0.39 is 0 Å². The van der Waals surface area contributed by atoms with Crippen LogP contribution >= 0.6 is 0 Å². The van der Waals surface area contributed by atoms with Gasteiger partial charge in [-0.25, -0.2) is 0 Å². The van der Waals surface area contributed by atoms with Crippen LogP contribution in [0.2, 0.25) is 0 Å². The Balaban J connectivity index is 2.24. The molecule has 2 unspecified atom stereocenters. The zero-order valence-electron chi connectivity index (χ0n) is 7.59. The third-order valence-electron chi connectivity index (χ3n) is 3.50. The molecule has 0 spiro atoms. The largest absolute Gasteiger partial charge is 0.399 e. The molecule has 0 saturated heterocycles. The number of rotatable bonds is 0. The summed E-state index contributed by atoms with van der Waals surface area (Å²) in [6.07, 6.45) is 2.57. The highest BCUT2D eigenvalue weighted by Gasteiger charge is 2.39. The SMILES string of the molecule is C=C1C2CCC1c1cc(N)ccc12. The summed E-state index contributed by atoms with van der Waals surface area (Å²) in [6, 6.07) is 6.32. The minimum Gasteiger partial charge on any atom is -0.399 e. The number of benzene rings is 1. The van der Waals surface area contributed by atoms with Crippen molar-refractivity contribution in [2.24, 2.45) is 0 Å². The molecule has 0 aromatic heterocycles. The van der Waals surface area contributed by atoms with Crippen LogP contribution in [0.3, 0.4) is 0 Å². The molecule has 1 fully saturated rings. The summed E-state index contributed by atoms with van der Waals surface area (Å²) in [7, 11) is 0. The molecule has 2 N–H and O–H groups in total. The Morgan fingerprint density at radius 1 is 1.15 bits per heavy atom. The maximum absolute atomic E-state index is 5.78. The number of allylic oxidation sites excluding steroid dienone is 1. The Bertz CT molecular complexity index is 392. The molecule has 3 rings (SSSR count). The molecule has 0 radical (unpaired) electrons. The predicted molar refractivity (Wildman–Crippen MR) is 54.7 cm³/mol. The fourth-order valence-electron chi connectivity index (χ4n) is 2.87. The normalized spacial score (nSPS) is 29.4. The molecule has 0 amide bonds.